The largest absolute Gasteiger partial charge is 0.359 e. The van der Waals surface area contributed by atoms with Crippen LogP contribution < -0.4 is 5.32 Å². The Morgan fingerprint density at radius 2 is 1.60 bits per heavy atom. The zero-order chi connectivity index (χ0) is 13.8. The molecule has 1 heterocycles. The fourth-order valence-electron chi connectivity index (χ4n) is 2.26. The minimum atomic E-state index is 0.403. The molecule has 1 aliphatic rings. The van der Waals surface area contributed by atoms with E-state index >= 15 is 0 Å². The lowest BCUT2D eigenvalue weighted by molar-refractivity contribution is 0.921. The minimum Gasteiger partial charge on any atom is -0.359 e. The van der Waals surface area contributed by atoms with E-state index in [1.807, 2.05) is 24.3 Å². The van der Waals surface area contributed by atoms with Crippen LogP contribution in [0.15, 0.2) is 72.4 Å². The van der Waals surface area contributed by atoms with Crippen molar-refractivity contribution in [1.29, 1.82) is 0 Å². The van der Waals surface area contributed by atoms with Gasteiger partial charge in [0.05, 0.1) is 4.20 Å². The number of thioether (sulfide) groups is 1. The molecule has 20 heavy (non-hydrogen) atoms. The predicted octanol–water partition coefficient (Wildman–Crippen LogP) is 5.19. The van der Waals surface area contributed by atoms with E-state index in [1.165, 1.54) is 11.3 Å². The van der Waals surface area contributed by atoms with Gasteiger partial charge >= 0.3 is 0 Å². The molecule has 1 N–H and O–H groups in total. The second-order valence-electron chi connectivity index (χ2n) is 4.70. The highest BCUT2D eigenvalue weighted by atomic mass is 32.2. The molecule has 3 heteroatoms. The van der Waals surface area contributed by atoms with Gasteiger partial charge in [0.2, 0.25) is 0 Å². The number of hydrogen-bond donors (Lipinski definition) is 1. The fraction of sp³-hybridized carbons (Fsp3) is 0.118. The van der Waals surface area contributed by atoms with Gasteiger partial charge in [-0.3, -0.25) is 0 Å². The van der Waals surface area contributed by atoms with E-state index in [0.29, 0.717) is 5.25 Å². The third-order valence-electron chi connectivity index (χ3n) is 3.21. The normalized spacial score (nSPS) is 18.5. The van der Waals surface area contributed by atoms with Gasteiger partial charge in [-0.2, -0.15) is 0 Å². The summed E-state index contributed by atoms with van der Waals surface area (Å²) in [7, 11) is 0. The van der Waals surface area contributed by atoms with Gasteiger partial charge < -0.3 is 5.32 Å². The summed E-state index contributed by atoms with van der Waals surface area (Å²) in [5, 5.41) is 3.87. The van der Waals surface area contributed by atoms with E-state index in [1.54, 1.807) is 11.8 Å². The van der Waals surface area contributed by atoms with E-state index < -0.39 is 0 Å². The van der Waals surface area contributed by atoms with Crippen LogP contribution in [0.3, 0.4) is 0 Å². The van der Waals surface area contributed by atoms with Crippen molar-refractivity contribution < 1.29 is 0 Å². The second-order valence-corrected chi connectivity index (χ2v) is 6.64. The van der Waals surface area contributed by atoms with Crippen LogP contribution >= 0.6 is 24.0 Å². The van der Waals surface area contributed by atoms with Gasteiger partial charge in [-0.25, -0.2) is 0 Å². The molecule has 0 aliphatic carbocycles. The molecule has 0 radical (unpaired) electrons. The van der Waals surface area contributed by atoms with Gasteiger partial charge in [-0.05, 0) is 23.8 Å². The number of allylic oxidation sites excluding steroid dienone is 1. The first-order chi connectivity index (χ1) is 9.81. The molecule has 0 spiro atoms. The van der Waals surface area contributed by atoms with Crippen LogP contribution in [-0.4, -0.2) is 4.20 Å². The molecule has 3 rings (SSSR count). The summed E-state index contributed by atoms with van der Waals surface area (Å²) < 4.78 is 0.948. The first-order valence-corrected chi connectivity index (χ1v) is 7.88. The Hall–Kier alpha value is -1.58. The fourth-order valence-corrected chi connectivity index (χ4v) is 3.80. The standard InChI is InChI=1S/C17H15NS2/c19-17-12-15(18-14-9-5-2-6-10-14)11-16(20-17)13-7-3-1-4-8-13/h1-10,12,16,18H,11H2/t16-/m0/s1. The van der Waals surface area contributed by atoms with Crippen molar-refractivity contribution in [3.63, 3.8) is 0 Å². The monoisotopic (exact) mass is 297 g/mol. The molecule has 0 amide bonds. The van der Waals surface area contributed by atoms with E-state index in [2.05, 4.69) is 47.8 Å². The van der Waals surface area contributed by atoms with Crippen LogP contribution in [0.2, 0.25) is 0 Å². The Morgan fingerprint density at radius 3 is 2.30 bits per heavy atom. The summed E-state index contributed by atoms with van der Waals surface area (Å²) in [5.41, 5.74) is 3.63. The zero-order valence-corrected chi connectivity index (χ0v) is 12.6. The Labute approximate surface area is 129 Å². The number of benzene rings is 2. The number of hydrogen-bond acceptors (Lipinski definition) is 3. The Balaban J connectivity index is 1.78. The van der Waals surface area contributed by atoms with Gasteiger partial charge in [0.1, 0.15) is 0 Å². The van der Waals surface area contributed by atoms with Crippen molar-refractivity contribution in [2.24, 2.45) is 0 Å². The average molecular weight is 297 g/mol. The lowest BCUT2D eigenvalue weighted by atomic mass is 10.1. The molecule has 0 fully saturated rings. The molecular formula is C17H15NS2. The number of thiocarbonyl (C=S) groups is 1. The van der Waals surface area contributed by atoms with E-state index in [0.717, 1.165) is 16.3 Å². The van der Waals surface area contributed by atoms with Crippen molar-refractivity contribution >= 4 is 33.9 Å². The van der Waals surface area contributed by atoms with Crippen LogP contribution in [-0.2, 0) is 0 Å². The van der Waals surface area contributed by atoms with Crippen LogP contribution in [0, 0.1) is 0 Å². The van der Waals surface area contributed by atoms with Crippen molar-refractivity contribution in [3.8, 4) is 0 Å². The lowest BCUT2D eigenvalue weighted by Crippen LogP contribution is -2.11. The molecule has 0 aromatic heterocycles. The lowest BCUT2D eigenvalue weighted by Gasteiger charge is -2.24. The third kappa shape index (κ3) is 3.30. The maximum Gasteiger partial charge on any atom is 0.0729 e. The molecule has 100 valence electrons. The quantitative estimate of drug-likeness (QED) is 0.783. The summed E-state index contributed by atoms with van der Waals surface area (Å²) in [4.78, 5) is 0. The summed E-state index contributed by atoms with van der Waals surface area (Å²) in [6, 6.07) is 20.8. The smallest absolute Gasteiger partial charge is 0.0729 e. The van der Waals surface area contributed by atoms with Gasteiger partial charge in [0, 0.05) is 23.1 Å². The molecule has 0 bridgehead atoms. The predicted molar refractivity (Wildman–Crippen MR) is 92.1 cm³/mol. The molecule has 0 saturated carbocycles. The van der Waals surface area contributed by atoms with Crippen molar-refractivity contribution in [2.45, 2.75) is 11.7 Å². The van der Waals surface area contributed by atoms with Gasteiger partial charge in [0.15, 0.2) is 0 Å². The average Bonchev–Trinajstić information content (AvgIpc) is 2.49. The third-order valence-corrected chi connectivity index (χ3v) is 4.69. The molecular weight excluding hydrogens is 282 g/mol. The van der Waals surface area contributed by atoms with Gasteiger partial charge in [0.25, 0.3) is 0 Å². The minimum absolute atomic E-state index is 0.403. The molecule has 1 atom stereocenters. The van der Waals surface area contributed by atoms with Crippen molar-refractivity contribution in [2.75, 3.05) is 5.32 Å². The molecule has 0 saturated heterocycles. The number of nitrogens with one attached hydrogen (secondary N) is 1. The van der Waals surface area contributed by atoms with E-state index in [9.17, 15) is 0 Å². The first-order valence-electron chi connectivity index (χ1n) is 6.59. The summed E-state index contributed by atoms with van der Waals surface area (Å²) in [5.74, 6) is 0. The Kier molecular flexibility index (Phi) is 4.19. The summed E-state index contributed by atoms with van der Waals surface area (Å²) in [6.07, 6.45) is 3.05. The maximum absolute atomic E-state index is 5.42. The Bertz CT molecular complexity index is 620. The molecule has 2 aromatic rings. The van der Waals surface area contributed by atoms with Crippen LogP contribution in [0.5, 0.6) is 0 Å². The second kappa shape index (κ2) is 6.25. The maximum atomic E-state index is 5.42. The molecule has 1 aliphatic heterocycles. The van der Waals surface area contributed by atoms with E-state index in [-0.39, 0.29) is 0 Å². The zero-order valence-electron chi connectivity index (χ0n) is 11.0. The highest BCUT2D eigenvalue weighted by Crippen LogP contribution is 2.39. The van der Waals surface area contributed by atoms with Crippen molar-refractivity contribution in [3.05, 3.63) is 78.0 Å². The number of para-hydroxylation sites is 1. The van der Waals surface area contributed by atoms with Crippen LogP contribution in [0.1, 0.15) is 17.2 Å². The van der Waals surface area contributed by atoms with Crippen LogP contribution in [0.4, 0.5) is 5.69 Å². The summed E-state index contributed by atoms with van der Waals surface area (Å²) in [6.45, 7) is 0. The van der Waals surface area contributed by atoms with Crippen molar-refractivity contribution in [1.82, 2.24) is 0 Å². The van der Waals surface area contributed by atoms with E-state index in [4.69, 9.17) is 12.2 Å². The van der Waals surface area contributed by atoms with Gasteiger partial charge in [-0.1, -0.05) is 60.7 Å². The topological polar surface area (TPSA) is 12.0 Å². The number of rotatable bonds is 3. The number of anilines is 1. The van der Waals surface area contributed by atoms with Gasteiger partial charge in [-0.15, -0.1) is 11.8 Å². The Morgan fingerprint density at radius 1 is 0.950 bits per heavy atom. The molecule has 0 unspecified atom stereocenters. The highest BCUT2D eigenvalue weighted by molar-refractivity contribution is 8.23. The molecule has 2 aromatic carbocycles. The SMILES string of the molecule is S=C1C=C(Nc2ccccc2)C[C@@H](c2ccccc2)S1. The first kappa shape index (κ1) is 13.4. The van der Waals surface area contributed by atoms with Crippen LogP contribution in [0.25, 0.3) is 0 Å². The molecule has 1 nitrogen and oxygen atoms in total. The highest BCUT2D eigenvalue weighted by Gasteiger charge is 2.20. The summed E-state index contributed by atoms with van der Waals surface area (Å²) >= 11 is 7.19.